The fourth-order valence-electron chi connectivity index (χ4n) is 4.29. The number of ketones is 1. The first-order valence-corrected chi connectivity index (χ1v) is 16.7. The molecular formula is C27H35NO4SeSi. The van der Waals surface area contributed by atoms with Crippen LogP contribution in [0.4, 0.5) is 0 Å². The van der Waals surface area contributed by atoms with Crippen LogP contribution in [0.2, 0.25) is 22.9 Å². The molecule has 2 aliphatic rings. The van der Waals surface area contributed by atoms with E-state index in [1.807, 2.05) is 48.5 Å². The Bertz CT molecular complexity index is 1020. The molecule has 5 nitrogen and oxygen atoms in total. The van der Waals surface area contributed by atoms with Gasteiger partial charge in [0.15, 0.2) is 0 Å². The number of carbonyl (C=O) groups is 2. The average molecular weight is 545 g/mol. The van der Waals surface area contributed by atoms with Crippen molar-refractivity contribution in [1.82, 2.24) is 4.90 Å². The Labute approximate surface area is 210 Å². The number of nitrogens with zero attached hydrogens (tertiary/aromatic N) is 1. The Morgan fingerprint density at radius 3 is 2.29 bits per heavy atom. The molecule has 0 radical (unpaired) electrons. The molecule has 0 aromatic heterocycles. The van der Waals surface area contributed by atoms with Crippen molar-refractivity contribution in [2.75, 3.05) is 13.2 Å². The van der Waals surface area contributed by atoms with Crippen LogP contribution in [0.5, 0.6) is 0 Å². The van der Waals surface area contributed by atoms with E-state index in [-0.39, 0.29) is 49.2 Å². The van der Waals surface area contributed by atoms with Crippen molar-refractivity contribution < 1.29 is 18.8 Å². The van der Waals surface area contributed by atoms with Crippen LogP contribution < -0.4 is 4.46 Å². The van der Waals surface area contributed by atoms with Crippen LogP contribution in [0, 0.1) is 0 Å². The summed E-state index contributed by atoms with van der Waals surface area (Å²) in [7, 11) is -1.97. The number of hydrogen-bond acceptors (Lipinski definition) is 4. The normalized spacial score (nSPS) is 25.5. The summed E-state index contributed by atoms with van der Waals surface area (Å²) >= 11 is -0.0684. The van der Waals surface area contributed by atoms with Crippen molar-refractivity contribution in [2.24, 2.45) is 0 Å². The van der Waals surface area contributed by atoms with Crippen molar-refractivity contribution in [1.29, 1.82) is 0 Å². The first kappa shape index (κ1) is 25.3. The number of benzene rings is 2. The second-order valence-corrected chi connectivity index (χ2v) is 18.3. The molecule has 0 saturated carbocycles. The fourth-order valence-corrected chi connectivity index (χ4v) is 8.28. The number of rotatable bonds is 7. The van der Waals surface area contributed by atoms with Gasteiger partial charge in [0.25, 0.3) is 0 Å². The topological polar surface area (TPSA) is 55.8 Å². The van der Waals surface area contributed by atoms with Crippen LogP contribution in [-0.4, -0.2) is 64.7 Å². The molecule has 34 heavy (non-hydrogen) atoms. The molecule has 4 rings (SSSR count). The molecule has 2 saturated heterocycles. The van der Waals surface area contributed by atoms with Gasteiger partial charge in [-0.1, -0.05) is 0 Å². The Morgan fingerprint density at radius 1 is 1.06 bits per heavy atom. The molecular weight excluding hydrogens is 509 g/mol. The zero-order chi connectivity index (χ0) is 24.6. The SMILES string of the molecule is CC(C)(C)[Si](C)(C)OC[C@@H]1C[C@H]([Se]c2ccccc2)C2(O1)C(=O)CN(Cc1ccccc1)C2=O. The van der Waals surface area contributed by atoms with Crippen molar-refractivity contribution in [3.63, 3.8) is 0 Å². The van der Waals surface area contributed by atoms with Gasteiger partial charge in [0.2, 0.25) is 0 Å². The Morgan fingerprint density at radius 2 is 1.68 bits per heavy atom. The molecule has 1 unspecified atom stereocenters. The molecule has 182 valence electrons. The molecule has 7 heteroatoms. The van der Waals surface area contributed by atoms with Gasteiger partial charge in [-0.2, -0.15) is 0 Å². The van der Waals surface area contributed by atoms with Crippen LogP contribution >= 0.6 is 0 Å². The third-order valence-electron chi connectivity index (χ3n) is 7.31. The van der Waals surface area contributed by atoms with E-state index in [4.69, 9.17) is 9.16 Å². The van der Waals surface area contributed by atoms with Crippen LogP contribution in [0.25, 0.3) is 0 Å². The van der Waals surface area contributed by atoms with E-state index in [2.05, 4.69) is 46.0 Å². The summed E-state index contributed by atoms with van der Waals surface area (Å²) in [5.41, 5.74) is -0.367. The molecule has 0 bridgehead atoms. The molecule has 3 atom stereocenters. The predicted octanol–water partition coefficient (Wildman–Crippen LogP) is 3.97. The van der Waals surface area contributed by atoms with Crippen molar-refractivity contribution in [2.45, 2.75) is 68.4 Å². The summed E-state index contributed by atoms with van der Waals surface area (Å²) in [4.78, 5) is 28.8. The first-order chi connectivity index (χ1) is 16.0. The maximum absolute atomic E-state index is 13.8. The standard InChI is InChI=1S/C27H35NO4SeSi/c1-26(2,3)34(4,5)31-19-21-16-24(33-22-14-10-7-11-15-22)27(32-21)23(29)18-28(25(27)30)17-20-12-8-6-9-13-20/h6-15,21,24H,16-19H2,1-5H3/t21-,24-,27?/m0/s1. The second kappa shape index (κ2) is 9.71. The zero-order valence-corrected chi connectivity index (χ0v) is 23.5. The van der Waals surface area contributed by atoms with E-state index in [1.165, 1.54) is 4.46 Å². The van der Waals surface area contributed by atoms with Crippen LogP contribution in [0.3, 0.4) is 0 Å². The van der Waals surface area contributed by atoms with Crippen molar-refractivity contribution in [3.8, 4) is 0 Å². The van der Waals surface area contributed by atoms with Gasteiger partial charge >= 0.3 is 211 Å². The Hall–Kier alpha value is -1.76. The van der Waals surface area contributed by atoms with E-state index in [1.54, 1.807) is 4.90 Å². The van der Waals surface area contributed by atoms with E-state index in [0.717, 1.165) is 5.56 Å². The molecule has 0 aliphatic carbocycles. The van der Waals surface area contributed by atoms with Crippen LogP contribution in [0.1, 0.15) is 32.8 Å². The van der Waals surface area contributed by atoms with Crippen molar-refractivity contribution in [3.05, 3.63) is 66.2 Å². The maximum atomic E-state index is 13.8. The minimum atomic E-state index is -1.97. The summed E-state index contributed by atoms with van der Waals surface area (Å²) in [5.74, 6) is -0.287. The second-order valence-electron chi connectivity index (χ2n) is 10.8. The minimum absolute atomic E-state index is 0.0684. The summed E-state index contributed by atoms with van der Waals surface area (Å²) in [6.45, 7) is 12.0. The Balaban J connectivity index is 1.58. The molecule has 2 aromatic carbocycles. The fraction of sp³-hybridized carbons (Fsp3) is 0.481. The van der Waals surface area contributed by atoms with E-state index in [0.29, 0.717) is 19.6 Å². The number of likely N-dealkylation sites (tertiary alicyclic amines) is 1. The van der Waals surface area contributed by atoms with Gasteiger partial charge in [0.1, 0.15) is 0 Å². The van der Waals surface area contributed by atoms with Crippen LogP contribution in [0.15, 0.2) is 60.7 Å². The molecule has 2 fully saturated rings. The van der Waals surface area contributed by atoms with Gasteiger partial charge in [0, 0.05) is 0 Å². The zero-order valence-electron chi connectivity index (χ0n) is 20.7. The van der Waals surface area contributed by atoms with Gasteiger partial charge in [-0.25, -0.2) is 0 Å². The number of Topliss-reactive ketones (excluding diaryl/α,β-unsaturated/α-hetero) is 1. The summed E-state index contributed by atoms with van der Waals surface area (Å²) in [5, 5.41) is 0.0855. The molecule has 2 aliphatic heterocycles. The van der Waals surface area contributed by atoms with E-state index in [9.17, 15) is 9.59 Å². The summed E-state index contributed by atoms with van der Waals surface area (Å²) < 4.78 is 14.1. The van der Waals surface area contributed by atoms with Gasteiger partial charge in [-0.3, -0.25) is 0 Å². The van der Waals surface area contributed by atoms with Crippen LogP contribution in [-0.2, 0) is 25.3 Å². The quantitative estimate of drug-likeness (QED) is 0.391. The molecule has 1 amide bonds. The molecule has 2 aromatic rings. The third-order valence-corrected chi connectivity index (χ3v) is 14.7. The van der Waals surface area contributed by atoms with Gasteiger partial charge in [-0.15, -0.1) is 0 Å². The monoisotopic (exact) mass is 545 g/mol. The average Bonchev–Trinajstić information content (AvgIpc) is 3.27. The predicted molar refractivity (Wildman–Crippen MR) is 138 cm³/mol. The van der Waals surface area contributed by atoms with Gasteiger partial charge < -0.3 is 0 Å². The molecule has 2 heterocycles. The van der Waals surface area contributed by atoms with Gasteiger partial charge in [0.05, 0.1) is 0 Å². The van der Waals surface area contributed by atoms with Gasteiger partial charge in [-0.05, 0) is 0 Å². The number of amides is 1. The van der Waals surface area contributed by atoms with Crippen molar-refractivity contribution >= 4 is 39.4 Å². The Kier molecular flexibility index (Phi) is 7.23. The van der Waals surface area contributed by atoms with E-state index >= 15 is 0 Å². The summed E-state index contributed by atoms with van der Waals surface area (Å²) in [6, 6.07) is 20.0. The summed E-state index contributed by atoms with van der Waals surface area (Å²) in [6.07, 6.45) is 0.412. The number of hydrogen-bond donors (Lipinski definition) is 0. The first-order valence-electron chi connectivity index (χ1n) is 11.9. The number of ether oxygens (including phenoxy) is 1. The number of carbonyl (C=O) groups excluding carboxylic acids is 2. The van der Waals surface area contributed by atoms with E-state index < -0.39 is 13.9 Å². The third kappa shape index (κ3) is 4.95. The molecule has 1 spiro atoms. The molecule has 0 N–H and O–H groups in total.